The average molecular weight is 262 g/mol. The Kier molecular flexibility index (Phi) is 2.90. The first kappa shape index (κ1) is 11.8. The molecule has 1 aliphatic rings. The van der Waals surface area contributed by atoms with E-state index in [1.807, 2.05) is 12.1 Å². The third-order valence-electron chi connectivity index (χ3n) is 3.96. The van der Waals surface area contributed by atoms with E-state index in [0.29, 0.717) is 6.04 Å². The Labute approximate surface area is 112 Å². The van der Waals surface area contributed by atoms with Crippen LogP contribution in [-0.2, 0) is 0 Å². The van der Waals surface area contributed by atoms with Crippen LogP contribution in [0.2, 0.25) is 0 Å². The van der Waals surface area contributed by atoms with Crippen molar-refractivity contribution in [2.24, 2.45) is 5.92 Å². The van der Waals surface area contributed by atoms with Crippen molar-refractivity contribution in [2.45, 2.75) is 32.2 Å². The van der Waals surface area contributed by atoms with Gasteiger partial charge in [-0.2, -0.15) is 0 Å². The summed E-state index contributed by atoms with van der Waals surface area (Å²) in [6, 6.07) is 6.66. The van der Waals surface area contributed by atoms with Crippen LogP contribution in [0.3, 0.4) is 0 Å². The Balaban J connectivity index is 2.11. The number of hydrogen-bond donors (Lipinski definition) is 1. The molecule has 18 heavy (non-hydrogen) atoms. The van der Waals surface area contributed by atoms with E-state index in [0.717, 1.165) is 22.0 Å². The van der Waals surface area contributed by atoms with Crippen molar-refractivity contribution in [3.05, 3.63) is 23.0 Å². The molecule has 2 atom stereocenters. The highest BCUT2D eigenvalue weighted by Crippen LogP contribution is 2.36. The summed E-state index contributed by atoms with van der Waals surface area (Å²) in [5.74, 6) is 1.67. The van der Waals surface area contributed by atoms with E-state index in [1.54, 1.807) is 7.11 Å². The number of H-pyrrole nitrogens is 1. The van der Waals surface area contributed by atoms with Crippen molar-refractivity contribution >= 4 is 23.3 Å². The number of rotatable bonds is 2. The van der Waals surface area contributed by atoms with Gasteiger partial charge >= 0.3 is 0 Å². The van der Waals surface area contributed by atoms with Crippen LogP contribution in [0.25, 0.3) is 11.0 Å². The molecule has 3 rings (SSSR count). The first-order valence-corrected chi connectivity index (χ1v) is 6.88. The van der Waals surface area contributed by atoms with E-state index >= 15 is 0 Å². The zero-order valence-corrected chi connectivity index (χ0v) is 11.6. The minimum Gasteiger partial charge on any atom is -0.497 e. The van der Waals surface area contributed by atoms with Gasteiger partial charge in [0.2, 0.25) is 0 Å². The van der Waals surface area contributed by atoms with Crippen LogP contribution in [0.5, 0.6) is 5.75 Å². The number of imidazole rings is 1. The maximum Gasteiger partial charge on any atom is 0.178 e. The highest BCUT2D eigenvalue weighted by molar-refractivity contribution is 7.71. The summed E-state index contributed by atoms with van der Waals surface area (Å²) in [4.78, 5) is 3.29. The summed E-state index contributed by atoms with van der Waals surface area (Å²) in [6.07, 6.45) is 3.76. The second-order valence-corrected chi connectivity index (χ2v) is 5.64. The summed E-state index contributed by atoms with van der Waals surface area (Å²) < 4.78 is 8.37. The van der Waals surface area contributed by atoms with Crippen LogP contribution in [-0.4, -0.2) is 16.7 Å². The van der Waals surface area contributed by atoms with Gasteiger partial charge in [0.1, 0.15) is 5.75 Å². The number of aromatic amines is 1. The maximum atomic E-state index is 5.47. The Morgan fingerprint density at radius 2 is 2.22 bits per heavy atom. The van der Waals surface area contributed by atoms with Crippen LogP contribution in [0, 0.1) is 10.7 Å². The fourth-order valence-corrected chi connectivity index (χ4v) is 3.37. The van der Waals surface area contributed by atoms with Crippen molar-refractivity contribution in [2.75, 3.05) is 7.11 Å². The van der Waals surface area contributed by atoms with Crippen molar-refractivity contribution in [1.29, 1.82) is 0 Å². The lowest BCUT2D eigenvalue weighted by atomic mass is 10.1. The number of benzene rings is 1. The molecule has 2 aromatic rings. The predicted molar refractivity (Wildman–Crippen MR) is 75.7 cm³/mol. The lowest BCUT2D eigenvalue weighted by Crippen LogP contribution is -2.05. The van der Waals surface area contributed by atoms with Crippen molar-refractivity contribution < 1.29 is 4.74 Å². The average Bonchev–Trinajstić information content (AvgIpc) is 2.90. The van der Waals surface area contributed by atoms with E-state index in [-0.39, 0.29) is 0 Å². The van der Waals surface area contributed by atoms with Crippen molar-refractivity contribution in [3.63, 3.8) is 0 Å². The van der Waals surface area contributed by atoms with Crippen LogP contribution >= 0.6 is 12.2 Å². The lowest BCUT2D eigenvalue weighted by Gasteiger charge is -2.13. The van der Waals surface area contributed by atoms with Gasteiger partial charge in [-0.1, -0.05) is 6.92 Å². The number of hydrogen-bond acceptors (Lipinski definition) is 2. The number of ether oxygens (including phenoxy) is 1. The molecule has 1 heterocycles. The molecular formula is C14H18N2OS. The van der Waals surface area contributed by atoms with Gasteiger partial charge in [-0.15, -0.1) is 0 Å². The summed E-state index contributed by atoms with van der Waals surface area (Å²) in [5, 5.41) is 0. The first-order valence-electron chi connectivity index (χ1n) is 6.47. The van der Waals surface area contributed by atoms with Gasteiger partial charge < -0.3 is 14.3 Å². The first-order chi connectivity index (χ1) is 8.69. The summed E-state index contributed by atoms with van der Waals surface area (Å²) in [7, 11) is 1.69. The van der Waals surface area contributed by atoms with Gasteiger partial charge in [0.15, 0.2) is 4.77 Å². The molecule has 1 aromatic heterocycles. The third kappa shape index (κ3) is 1.85. The number of fused-ring (bicyclic) bond motifs is 1. The fourth-order valence-electron chi connectivity index (χ4n) is 3.01. The van der Waals surface area contributed by atoms with Crippen LogP contribution in [0.15, 0.2) is 18.2 Å². The molecule has 4 heteroatoms. The highest BCUT2D eigenvalue weighted by Gasteiger charge is 2.24. The largest absolute Gasteiger partial charge is 0.497 e. The maximum absolute atomic E-state index is 5.47. The van der Waals surface area contributed by atoms with Crippen LogP contribution < -0.4 is 4.74 Å². The SMILES string of the molecule is COc1ccc2c(c1)[nH]c(=S)n2C1CCC(C)C1. The zero-order chi connectivity index (χ0) is 12.7. The molecule has 1 fully saturated rings. The van der Waals surface area contributed by atoms with E-state index in [9.17, 15) is 0 Å². The van der Waals surface area contributed by atoms with Gasteiger partial charge in [0.25, 0.3) is 0 Å². The number of methoxy groups -OCH3 is 1. The predicted octanol–water partition coefficient (Wildman–Crippen LogP) is 4.07. The molecule has 2 unspecified atom stereocenters. The van der Waals surface area contributed by atoms with Gasteiger partial charge in [0, 0.05) is 12.1 Å². The minimum absolute atomic E-state index is 0.551. The normalized spacial score (nSPS) is 23.7. The second-order valence-electron chi connectivity index (χ2n) is 5.26. The Morgan fingerprint density at radius 3 is 2.89 bits per heavy atom. The van der Waals surface area contributed by atoms with Crippen molar-refractivity contribution in [3.8, 4) is 5.75 Å². The molecule has 3 nitrogen and oxygen atoms in total. The minimum atomic E-state index is 0.551. The van der Waals surface area contributed by atoms with Crippen LogP contribution in [0.4, 0.5) is 0 Å². The summed E-state index contributed by atoms with van der Waals surface area (Å²) in [6.45, 7) is 2.32. The monoisotopic (exact) mass is 262 g/mol. The molecule has 1 aromatic carbocycles. The van der Waals surface area contributed by atoms with E-state index in [1.165, 1.54) is 24.8 Å². The Morgan fingerprint density at radius 1 is 1.39 bits per heavy atom. The number of aromatic nitrogens is 2. The van der Waals surface area contributed by atoms with Gasteiger partial charge in [-0.05, 0) is 49.5 Å². The number of nitrogens with one attached hydrogen (secondary N) is 1. The molecule has 0 bridgehead atoms. The topological polar surface area (TPSA) is 29.9 Å². The quantitative estimate of drug-likeness (QED) is 0.827. The van der Waals surface area contributed by atoms with E-state index in [2.05, 4.69) is 22.5 Å². The van der Waals surface area contributed by atoms with Crippen LogP contribution in [0.1, 0.15) is 32.2 Å². The second kappa shape index (κ2) is 4.43. The molecular weight excluding hydrogens is 244 g/mol. The van der Waals surface area contributed by atoms with Crippen molar-refractivity contribution in [1.82, 2.24) is 9.55 Å². The van der Waals surface area contributed by atoms with Gasteiger partial charge in [-0.3, -0.25) is 0 Å². The molecule has 0 aliphatic heterocycles. The molecule has 96 valence electrons. The third-order valence-corrected chi connectivity index (χ3v) is 4.25. The summed E-state index contributed by atoms with van der Waals surface area (Å²) in [5.41, 5.74) is 2.26. The number of nitrogens with zero attached hydrogens (tertiary/aromatic N) is 1. The Bertz CT molecular complexity index is 628. The van der Waals surface area contributed by atoms with E-state index in [4.69, 9.17) is 17.0 Å². The highest BCUT2D eigenvalue weighted by atomic mass is 32.1. The fraction of sp³-hybridized carbons (Fsp3) is 0.500. The molecule has 1 saturated carbocycles. The molecule has 0 amide bonds. The molecule has 1 aliphatic carbocycles. The summed E-state index contributed by atoms with van der Waals surface area (Å²) >= 11 is 5.47. The van der Waals surface area contributed by atoms with Gasteiger partial charge in [-0.25, -0.2) is 0 Å². The molecule has 0 spiro atoms. The lowest BCUT2D eigenvalue weighted by molar-refractivity contribution is 0.415. The zero-order valence-electron chi connectivity index (χ0n) is 10.8. The standard InChI is InChI=1S/C14H18N2OS/c1-9-3-4-10(7-9)16-13-6-5-11(17-2)8-12(13)15-14(16)18/h5-6,8-10H,3-4,7H2,1-2H3,(H,15,18). The molecule has 1 N–H and O–H groups in total. The smallest absolute Gasteiger partial charge is 0.178 e. The van der Waals surface area contributed by atoms with Gasteiger partial charge in [0.05, 0.1) is 18.1 Å². The molecule has 0 radical (unpaired) electrons. The molecule has 0 saturated heterocycles. The van der Waals surface area contributed by atoms with E-state index < -0.39 is 0 Å². The Hall–Kier alpha value is -1.29.